The first-order chi connectivity index (χ1) is 4.54. The number of aliphatic hydroxyl groups is 1. The second-order valence-corrected chi connectivity index (χ2v) is 3.81. The Morgan fingerprint density at radius 2 is 2.20 bits per heavy atom. The molecule has 1 saturated heterocycles. The summed E-state index contributed by atoms with van der Waals surface area (Å²) in [6, 6.07) is 0. The fourth-order valence-electron chi connectivity index (χ4n) is 1.42. The molecule has 1 rings (SSSR count). The molecule has 0 aromatic heterocycles. The Hall–Kier alpha value is -0.0800. The highest BCUT2D eigenvalue weighted by Gasteiger charge is 2.35. The van der Waals surface area contributed by atoms with Gasteiger partial charge < -0.3 is 10.4 Å². The maximum Gasteiger partial charge on any atom is 0.0682 e. The lowest BCUT2D eigenvalue weighted by molar-refractivity contribution is 0.177. The predicted octanol–water partition coefficient (Wildman–Crippen LogP) is 0.755. The molecule has 2 N–H and O–H groups in total. The molecule has 0 radical (unpaired) electrons. The Kier molecular flexibility index (Phi) is 2.02. The molecule has 0 saturated carbocycles. The SMILES string of the molecule is CC(C)C1(C)CC(O)CN1. The van der Waals surface area contributed by atoms with Gasteiger partial charge in [-0.25, -0.2) is 0 Å². The molecule has 1 fully saturated rings. The lowest BCUT2D eigenvalue weighted by Crippen LogP contribution is -2.41. The molecule has 0 amide bonds. The molecule has 2 heteroatoms. The molecule has 60 valence electrons. The van der Waals surface area contributed by atoms with Crippen LogP contribution in [0.3, 0.4) is 0 Å². The summed E-state index contributed by atoms with van der Waals surface area (Å²) in [4.78, 5) is 0. The first-order valence-electron chi connectivity index (χ1n) is 3.98. The van der Waals surface area contributed by atoms with Crippen molar-refractivity contribution in [3.8, 4) is 0 Å². The third-order valence-electron chi connectivity index (χ3n) is 2.68. The maximum absolute atomic E-state index is 9.25. The topological polar surface area (TPSA) is 32.3 Å². The van der Waals surface area contributed by atoms with Crippen molar-refractivity contribution in [1.29, 1.82) is 0 Å². The van der Waals surface area contributed by atoms with Gasteiger partial charge in [-0.3, -0.25) is 0 Å². The summed E-state index contributed by atoms with van der Waals surface area (Å²) >= 11 is 0. The van der Waals surface area contributed by atoms with Crippen LogP contribution in [0.1, 0.15) is 27.2 Å². The van der Waals surface area contributed by atoms with Gasteiger partial charge in [0.1, 0.15) is 0 Å². The van der Waals surface area contributed by atoms with Crippen LogP contribution in [-0.2, 0) is 0 Å². The number of aliphatic hydroxyl groups excluding tert-OH is 1. The number of rotatable bonds is 1. The van der Waals surface area contributed by atoms with Gasteiger partial charge in [0.2, 0.25) is 0 Å². The first-order valence-corrected chi connectivity index (χ1v) is 3.98. The molecular weight excluding hydrogens is 126 g/mol. The summed E-state index contributed by atoms with van der Waals surface area (Å²) in [5.74, 6) is 0.602. The molecular formula is C8H17NO. The number of nitrogens with one attached hydrogen (secondary N) is 1. The van der Waals surface area contributed by atoms with Gasteiger partial charge in [-0.1, -0.05) is 13.8 Å². The fourth-order valence-corrected chi connectivity index (χ4v) is 1.42. The van der Waals surface area contributed by atoms with Crippen molar-refractivity contribution >= 4 is 0 Å². The van der Waals surface area contributed by atoms with Crippen LogP contribution in [0.15, 0.2) is 0 Å². The minimum absolute atomic E-state index is 0.132. The van der Waals surface area contributed by atoms with Gasteiger partial charge in [-0.2, -0.15) is 0 Å². The number of hydrogen-bond donors (Lipinski definition) is 2. The van der Waals surface area contributed by atoms with Crippen molar-refractivity contribution in [2.45, 2.75) is 38.8 Å². The number of hydrogen-bond acceptors (Lipinski definition) is 2. The average Bonchev–Trinajstić information content (AvgIpc) is 2.13. The van der Waals surface area contributed by atoms with E-state index in [0.717, 1.165) is 13.0 Å². The van der Waals surface area contributed by atoms with Crippen molar-refractivity contribution in [2.24, 2.45) is 5.92 Å². The molecule has 10 heavy (non-hydrogen) atoms. The van der Waals surface area contributed by atoms with Crippen LogP contribution < -0.4 is 5.32 Å². The van der Waals surface area contributed by atoms with E-state index in [2.05, 4.69) is 26.1 Å². The summed E-state index contributed by atoms with van der Waals surface area (Å²) in [5, 5.41) is 12.6. The summed E-state index contributed by atoms with van der Waals surface area (Å²) in [6.07, 6.45) is 0.761. The summed E-state index contributed by atoms with van der Waals surface area (Å²) < 4.78 is 0. The Balaban J connectivity index is 2.54. The minimum Gasteiger partial charge on any atom is -0.392 e. The van der Waals surface area contributed by atoms with Gasteiger partial charge in [0.25, 0.3) is 0 Å². The quantitative estimate of drug-likeness (QED) is 0.568. The molecule has 2 atom stereocenters. The second kappa shape index (κ2) is 2.51. The van der Waals surface area contributed by atoms with E-state index < -0.39 is 0 Å². The van der Waals surface area contributed by atoms with Gasteiger partial charge >= 0.3 is 0 Å². The molecule has 1 aliphatic rings. The monoisotopic (exact) mass is 143 g/mol. The van der Waals surface area contributed by atoms with E-state index in [0.29, 0.717) is 5.92 Å². The molecule has 0 bridgehead atoms. The van der Waals surface area contributed by atoms with Crippen molar-refractivity contribution in [2.75, 3.05) is 6.54 Å². The van der Waals surface area contributed by atoms with E-state index in [1.54, 1.807) is 0 Å². The highest BCUT2D eigenvalue weighted by Crippen LogP contribution is 2.26. The molecule has 1 heterocycles. The van der Waals surface area contributed by atoms with Crippen LogP contribution >= 0.6 is 0 Å². The van der Waals surface area contributed by atoms with Crippen LogP contribution in [0.2, 0.25) is 0 Å². The summed E-state index contributed by atoms with van der Waals surface area (Å²) in [7, 11) is 0. The zero-order valence-corrected chi connectivity index (χ0v) is 7.02. The summed E-state index contributed by atoms with van der Waals surface area (Å²) in [6.45, 7) is 7.30. The lowest BCUT2D eigenvalue weighted by Gasteiger charge is -2.28. The van der Waals surface area contributed by atoms with Crippen molar-refractivity contribution < 1.29 is 5.11 Å². The van der Waals surface area contributed by atoms with Gasteiger partial charge in [0.05, 0.1) is 6.10 Å². The van der Waals surface area contributed by atoms with E-state index in [4.69, 9.17) is 0 Å². The normalized spacial score (nSPS) is 41.1. The first kappa shape index (κ1) is 8.02. The van der Waals surface area contributed by atoms with E-state index in [-0.39, 0.29) is 11.6 Å². The van der Waals surface area contributed by atoms with E-state index in [9.17, 15) is 5.11 Å². The van der Waals surface area contributed by atoms with Gasteiger partial charge in [-0.05, 0) is 19.3 Å². The Labute approximate surface area is 62.6 Å². The van der Waals surface area contributed by atoms with Crippen molar-refractivity contribution in [3.63, 3.8) is 0 Å². The van der Waals surface area contributed by atoms with Gasteiger partial charge in [-0.15, -0.1) is 0 Å². The summed E-state index contributed by atoms with van der Waals surface area (Å²) in [5.41, 5.74) is 0.166. The molecule has 0 aliphatic carbocycles. The Morgan fingerprint density at radius 3 is 2.40 bits per heavy atom. The van der Waals surface area contributed by atoms with Crippen LogP contribution in [0.5, 0.6) is 0 Å². The Bertz CT molecular complexity index is 124. The fraction of sp³-hybridized carbons (Fsp3) is 1.00. The standard InChI is InChI=1S/C8H17NO/c1-6(2)8(3)4-7(10)5-9-8/h6-7,9-10H,4-5H2,1-3H3. The molecule has 0 aromatic rings. The van der Waals surface area contributed by atoms with Gasteiger partial charge in [0, 0.05) is 12.1 Å². The average molecular weight is 143 g/mol. The number of β-amino-alcohol motifs (C(OH)–C–C–N with tert-alkyl or cyclic N) is 1. The van der Waals surface area contributed by atoms with Crippen LogP contribution in [0.25, 0.3) is 0 Å². The minimum atomic E-state index is -0.132. The smallest absolute Gasteiger partial charge is 0.0682 e. The highest BCUT2D eigenvalue weighted by molar-refractivity contribution is 4.95. The zero-order valence-electron chi connectivity index (χ0n) is 7.02. The zero-order chi connectivity index (χ0) is 7.78. The van der Waals surface area contributed by atoms with Crippen LogP contribution in [0, 0.1) is 5.92 Å². The second-order valence-electron chi connectivity index (χ2n) is 3.81. The lowest BCUT2D eigenvalue weighted by atomic mass is 9.87. The van der Waals surface area contributed by atoms with Crippen molar-refractivity contribution in [3.05, 3.63) is 0 Å². The van der Waals surface area contributed by atoms with E-state index in [1.165, 1.54) is 0 Å². The highest BCUT2D eigenvalue weighted by atomic mass is 16.3. The maximum atomic E-state index is 9.25. The van der Waals surface area contributed by atoms with Crippen LogP contribution in [0.4, 0.5) is 0 Å². The van der Waals surface area contributed by atoms with E-state index in [1.807, 2.05) is 0 Å². The molecule has 2 unspecified atom stereocenters. The van der Waals surface area contributed by atoms with Crippen molar-refractivity contribution in [1.82, 2.24) is 5.32 Å². The predicted molar refractivity (Wildman–Crippen MR) is 41.9 cm³/mol. The largest absolute Gasteiger partial charge is 0.392 e. The molecule has 1 aliphatic heterocycles. The third kappa shape index (κ3) is 1.32. The molecule has 0 aromatic carbocycles. The third-order valence-corrected chi connectivity index (χ3v) is 2.68. The van der Waals surface area contributed by atoms with E-state index >= 15 is 0 Å². The van der Waals surface area contributed by atoms with Crippen LogP contribution in [-0.4, -0.2) is 23.3 Å². The van der Waals surface area contributed by atoms with Gasteiger partial charge in [0.15, 0.2) is 0 Å². The molecule has 2 nitrogen and oxygen atoms in total. The molecule has 0 spiro atoms. The Morgan fingerprint density at radius 1 is 1.60 bits per heavy atom.